The summed E-state index contributed by atoms with van der Waals surface area (Å²) >= 11 is 0. The Hall–Kier alpha value is -1.39. The van der Waals surface area contributed by atoms with Crippen LogP contribution in [0.1, 0.15) is 24.6 Å². The van der Waals surface area contributed by atoms with E-state index >= 15 is 0 Å². The Morgan fingerprint density at radius 3 is 2.90 bits per heavy atom. The number of fused-ring (bicyclic) bond motifs is 1. The zero-order chi connectivity index (χ0) is 20.1. The van der Waals surface area contributed by atoms with Crippen molar-refractivity contribution in [2.75, 3.05) is 59.0 Å². The van der Waals surface area contributed by atoms with Crippen molar-refractivity contribution in [3.8, 4) is 0 Å². The molecule has 30 heavy (non-hydrogen) atoms. The Morgan fingerprint density at radius 1 is 1.30 bits per heavy atom. The Balaban J connectivity index is 0.00000256. The third kappa shape index (κ3) is 5.85. The number of morpholine rings is 1. The van der Waals surface area contributed by atoms with Crippen molar-refractivity contribution < 1.29 is 4.74 Å². The number of rotatable bonds is 6. The van der Waals surface area contributed by atoms with E-state index in [1.54, 1.807) is 0 Å². The van der Waals surface area contributed by atoms with Crippen molar-refractivity contribution in [1.82, 2.24) is 24.5 Å². The first-order valence-corrected chi connectivity index (χ1v) is 11.0. The lowest BCUT2D eigenvalue weighted by atomic mass is 10.1. The summed E-state index contributed by atoms with van der Waals surface area (Å²) in [4.78, 5) is 14.7. The number of aryl methyl sites for hydroxylation is 1. The molecule has 1 unspecified atom stereocenters. The summed E-state index contributed by atoms with van der Waals surface area (Å²) in [5.41, 5.74) is 3.35. The molecule has 2 aliphatic rings. The summed E-state index contributed by atoms with van der Waals surface area (Å²) < 4.78 is 7.58. The summed E-state index contributed by atoms with van der Waals surface area (Å²) in [5, 5.41) is 3.49. The average molecular weight is 526 g/mol. The van der Waals surface area contributed by atoms with Gasteiger partial charge in [-0.25, -0.2) is 4.98 Å². The molecule has 2 fully saturated rings. The van der Waals surface area contributed by atoms with Crippen LogP contribution in [-0.2, 0) is 11.2 Å². The van der Waals surface area contributed by atoms with Crippen molar-refractivity contribution in [1.29, 1.82) is 0 Å². The molecule has 2 saturated heterocycles. The lowest BCUT2D eigenvalue weighted by molar-refractivity contribution is 0.0315. The first-order chi connectivity index (χ1) is 14.2. The van der Waals surface area contributed by atoms with Gasteiger partial charge in [0.1, 0.15) is 5.65 Å². The molecule has 2 aliphatic heterocycles. The maximum Gasteiger partial charge on any atom is 0.193 e. The summed E-state index contributed by atoms with van der Waals surface area (Å²) in [6, 6.07) is 4.17. The van der Waals surface area contributed by atoms with Crippen LogP contribution in [0.4, 0.5) is 0 Å². The molecular weight excluding hydrogens is 491 g/mol. The van der Waals surface area contributed by atoms with Crippen LogP contribution in [-0.4, -0.2) is 84.2 Å². The van der Waals surface area contributed by atoms with Gasteiger partial charge in [0, 0.05) is 64.6 Å². The molecular formula is C22H35IN6O. The molecule has 1 atom stereocenters. The first-order valence-electron chi connectivity index (χ1n) is 11.0. The fourth-order valence-corrected chi connectivity index (χ4v) is 4.35. The zero-order valence-corrected chi connectivity index (χ0v) is 20.5. The second-order valence-corrected chi connectivity index (χ2v) is 8.15. The highest BCUT2D eigenvalue weighted by atomic mass is 127. The highest BCUT2D eigenvalue weighted by molar-refractivity contribution is 14.0. The number of nitrogens with one attached hydrogen (secondary N) is 1. The number of guanidine groups is 1. The van der Waals surface area contributed by atoms with Crippen LogP contribution in [0.15, 0.2) is 29.5 Å². The second kappa shape index (κ2) is 11.3. The van der Waals surface area contributed by atoms with Crippen molar-refractivity contribution >= 4 is 35.6 Å². The zero-order valence-electron chi connectivity index (χ0n) is 18.2. The molecule has 2 aromatic heterocycles. The maximum atomic E-state index is 5.47. The SMILES string of the molecule is CCNC(=NCCc1cn2cccc(C)c2n1)N1CCC(CN2CCOCC2)C1.I. The van der Waals surface area contributed by atoms with Crippen molar-refractivity contribution in [3.63, 3.8) is 0 Å². The Labute approximate surface area is 196 Å². The van der Waals surface area contributed by atoms with Gasteiger partial charge < -0.3 is 19.4 Å². The molecule has 0 amide bonds. The van der Waals surface area contributed by atoms with E-state index in [2.05, 4.69) is 57.9 Å². The predicted molar refractivity (Wildman–Crippen MR) is 132 cm³/mol. The number of imidazole rings is 1. The second-order valence-electron chi connectivity index (χ2n) is 8.15. The topological polar surface area (TPSA) is 57.4 Å². The van der Waals surface area contributed by atoms with Crippen LogP contribution >= 0.6 is 24.0 Å². The molecule has 4 heterocycles. The quantitative estimate of drug-likeness (QED) is 0.356. The van der Waals surface area contributed by atoms with Crippen LogP contribution < -0.4 is 5.32 Å². The van der Waals surface area contributed by atoms with Gasteiger partial charge >= 0.3 is 0 Å². The van der Waals surface area contributed by atoms with Gasteiger partial charge in [0.2, 0.25) is 0 Å². The molecule has 7 nitrogen and oxygen atoms in total. The number of nitrogens with zero attached hydrogens (tertiary/aromatic N) is 5. The van der Waals surface area contributed by atoms with E-state index in [1.165, 1.54) is 18.5 Å². The molecule has 0 saturated carbocycles. The van der Waals surface area contributed by atoms with Gasteiger partial charge in [-0.05, 0) is 37.8 Å². The van der Waals surface area contributed by atoms with E-state index in [9.17, 15) is 0 Å². The van der Waals surface area contributed by atoms with Gasteiger partial charge in [0.05, 0.1) is 18.9 Å². The van der Waals surface area contributed by atoms with E-state index in [1.807, 2.05) is 0 Å². The monoisotopic (exact) mass is 526 g/mol. The van der Waals surface area contributed by atoms with Gasteiger partial charge in [0.15, 0.2) is 5.96 Å². The summed E-state index contributed by atoms with van der Waals surface area (Å²) in [6.07, 6.45) is 6.29. The van der Waals surface area contributed by atoms with Gasteiger partial charge in [-0.3, -0.25) is 9.89 Å². The standard InChI is InChI=1S/C22H34N6O.HI/c1-3-23-22(28-10-7-19(16-28)15-26-11-13-29-14-12-26)24-8-6-20-17-27-9-4-5-18(2)21(27)25-20;/h4-5,9,17,19H,3,6-8,10-16H2,1-2H3,(H,23,24);1H. The lowest BCUT2D eigenvalue weighted by Crippen LogP contribution is -2.42. The van der Waals surface area contributed by atoms with Crippen LogP contribution in [0.2, 0.25) is 0 Å². The third-order valence-electron chi connectivity index (χ3n) is 5.90. The minimum Gasteiger partial charge on any atom is -0.379 e. The van der Waals surface area contributed by atoms with E-state index in [4.69, 9.17) is 14.7 Å². The molecule has 0 radical (unpaired) electrons. The number of hydrogen-bond acceptors (Lipinski definition) is 4. The number of halogens is 1. The lowest BCUT2D eigenvalue weighted by Gasteiger charge is -2.29. The van der Waals surface area contributed by atoms with Gasteiger partial charge in [-0.15, -0.1) is 24.0 Å². The van der Waals surface area contributed by atoms with Crippen molar-refractivity contribution in [2.45, 2.75) is 26.7 Å². The summed E-state index contributed by atoms with van der Waals surface area (Å²) in [6.45, 7) is 13.2. The Morgan fingerprint density at radius 2 is 2.13 bits per heavy atom. The van der Waals surface area contributed by atoms with E-state index < -0.39 is 0 Å². The predicted octanol–water partition coefficient (Wildman–Crippen LogP) is 2.42. The number of ether oxygens (including phenoxy) is 1. The molecule has 0 aliphatic carbocycles. The van der Waals surface area contributed by atoms with Gasteiger partial charge in [-0.2, -0.15) is 0 Å². The third-order valence-corrected chi connectivity index (χ3v) is 5.90. The number of likely N-dealkylation sites (tertiary alicyclic amines) is 1. The molecule has 0 spiro atoms. The van der Waals surface area contributed by atoms with E-state index in [0.717, 1.165) is 82.1 Å². The smallest absolute Gasteiger partial charge is 0.193 e. The number of hydrogen-bond donors (Lipinski definition) is 1. The molecule has 8 heteroatoms. The normalized spacial score (nSPS) is 20.5. The largest absolute Gasteiger partial charge is 0.379 e. The van der Waals surface area contributed by atoms with Crippen LogP contribution in [0.3, 0.4) is 0 Å². The van der Waals surface area contributed by atoms with E-state index in [-0.39, 0.29) is 24.0 Å². The average Bonchev–Trinajstić information content (AvgIpc) is 3.36. The minimum absolute atomic E-state index is 0. The molecule has 2 aromatic rings. The van der Waals surface area contributed by atoms with Crippen molar-refractivity contribution in [3.05, 3.63) is 35.8 Å². The number of aromatic nitrogens is 2. The highest BCUT2D eigenvalue weighted by Crippen LogP contribution is 2.18. The summed E-state index contributed by atoms with van der Waals surface area (Å²) in [7, 11) is 0. The minimum atomic E-state index is 0. The molecule has 4 rings (SSSR count). The van der Waals surface area contributed by atoms with Gasteiger partial charge in [-0.1, -0.05) is 6.07 Å². The molecule has 0 aromatic carbocycles. The van der Waals surface area contributed by atoms with Crippen molar-refractivity contribution in [2.24, 2.45) is 10.9 Å². The number of pyridine rings is 1. The fourth-order valence-electron chi connectivity index (χ4n) is 4.35. The van der Waals surface area contributed by atoms with Crippen LogP contribution in [0.5, 0.6) is 0 Å². The Kier molecular flexibility index (Phi) is 8.76. The molecule has 1 N–H and O–H groups in total. The Bertz CT molecular complexity index is 832. The maximum absolute atomic E-state index is 5.47. The van der Waals surface area contributed by atoms with Crippen LogP contribution in [0.25, 0.3) is 5.65 Å². The molecule has 0 bridgehead atoms. The fraction of sp³-hybridized carbons (Fsp3) is 0.636. The first kappa shape index (κ1) is 23.3. The molecule has 166 valence electrons. The van der Waals surface area contributed by atoms with Crippen LogP contribution in [0, 0.1) is 12.8 Å². The summed E-state index contributed by atoms with van der Waals surface area (Å²) in [5.74, 6) is 1.77. The van der Waals surface area contributed by atoms with E-state index in [0.29, 0.717) is 0 Å². The van der Waals surface area contributed by atoms with Gasteiger partial charge in [0.25, 0.3) is 0 Å². The number of aliphatic imine (C=N–C) groups is 1. The highest BCUT2D eigenvalue weighted by Gasteiger charge is 2.27.